The van der Waals surface area contributed by atoms with Crippen LogP contribution >= 0.6 is 0 Å². The maximum absolute atomic E-state index is 13.4. The number of hydrogen-bond acceptors (Lipinski definition) is 11. The fourth-order valence-corrected chi connectivity index (χ4v) is 9.47. The molecule has 0 bridgehead atoms. The first kappa shape index (κ1) is 42.6. The van der Waals surface area contributed by atoms with Gasteiger partial charge in [0, 0.05) is 36.9 Å². The highest BCUT2D eigenvalue weighted by atomic mass is 16.5. The van der Waals surface area contributed by atoms with E-state index in [1.54, 1.807) is 0 Å². The van der Waals surface area contributed by atoms with Crippen molar-refractivity contribution in [3.05, 3.63) is 11.3 Å². The van der Waals surface area contributed by atoms with Crippen molar-refractivity contribution in [2.45, 2.75) is 192 Å². The molecule has 3 fully saturated rings. The number of esters is 2. The van der Waals surface area contributed by atoms with Gasteiger partial charge < -0.3 is 41.8 Å². The Labute approximate surface area is 330 Å². The number of fused-ring (bicyclic) bond motifs is 1. The van der Waals surface area contributed by atoms with Crippen LogP contribution in [0.1, 0.15) is 162 Å². The third kappa shape index (κ3) is 12.2. The van der Waals surface area contributed by atoms with Gasteiger partial charge >= 0.3 is 11.9 Å². The second-order valence-electron chi connectivity index (χ2n) is 16.6. The van der Waals surface area contributed by atoms with E-state index in [0.29, 0.717) is 49.8 Å². The third-order valence-corrected chi connectivity index (χ3v) is 12.4. The molecule has 3 saturated heterocycles. The van der Waals surface area contributed by atoms with Crippen LogP contribution in [-0.2, 0) is 19.1 Å². The molecule has 0 amide bonds. The average Bonchev–Trinajstić information content (AvgIpc) is 3.82. The predicted molar refractivity (Wildman–Crippen MR) is 220 cm³/mol. The first-order valence-corrected chi connectivity index (χ1v) is 22.1. The fourth-order valence-electron chi connectivity index (χ4n) is 9.47. The summed E-state index contributed by atoms with van der Waals surface area (Å²) in [4.78, 5) is 44.8. The standard InChI is InChI=1S/C42H73N9O4/c1-3-4-5-6-8-11-14-20-31-29-32-23-24-35-36(30(2)47-42(48-31)51(32)35)38(52)54-27-17-13-10-7-9-12-15-21-33-37(34-22-19-26-50(34)41(45)49-33)39(53)55-28-18-16-25-46-40(43)44/h30-33,35-36H,3-29H2,1-2H3,(H2,45,49)(H,47,48)(H4,43,44,46)/t30-,31+,32-,33+,35+,36-/m1/s1. The molecule has 13 heteroatoms. The molecule has 0 aromatic heterocycles. The second kappa shape index (κ2) is 22.3. The number of guanidine groups is 3. The number of ether oxygens (including phenoxy) is 2. The number of unbranched alkanes of at least 4 members (excludes halogenated alkanes) is 13. The summed E-state index contributed by atoms with van der Waals surface area (Å²) in [5.74, 6) is 1.09. The lowest BCUT2D eigenvalue weighted by atomic mass is 9.89. The van der Waals surface area contributed by atoms with Gasteiger partial charge in [-0.3, -0.25) is 9.79 Å². The summed E-state index contributed by atoms with van der Waals surface area (Å²) in [7, 11) is 0. The van der Waals surface area contributed by atoms with Crippen LogP contribution in [0, 0.1) is 5.92 Å². The summed E-state index contributed by atoms with van der Waals surface area (Å²) in [6.07, 6.45) is 25.3. The van der Waals surface area contributed by atoms with Crippen LogP contribution in [0.3, 0.4) is 0 Å². The SMILES string of the molecule is CCCCCCCCC[C@H]1C[C@H]2CC[C@H]3[C@H](C(=O)OCCCCCCCCC[C@@H]4N=C(N)N5CCCC5=C4C(=O)OCCCCN=C(N)N)[C@@H](C)N=C(N1)N23. The van der Waals surface area contributed by atoms with E-state index in [4.69, 9.17) is 36.7 Å². The van der Waals surface area contributed by atoms with Crippen LogP contribution in [0.15, 0.2) is 26.2 Å². The summed E-state index contributed by atoms with van der Waals surface area (Å²) < 4.78 is 11.6. The van der Waals surface area contributed by atoms with Crippen molar-refractivity contribution in [2.24, 2.45) is 38.1 Å². The minimum absolute atomic E-state index is 0.0639. The number of allylic oxidation sites excluding steroid dienone is 1. The van der Waals surface area contributed by atoms with E-state index in [-0.39, 0.29) is 41.9 Å². The van der Waals surface area contributed by atoms with Crippen LogP contribution in [-0.4, -0.2) is 96.1 Å². The quantitative estimate of drug-likeness (QED) is 0.0372. The van der Waals surface area contributed by atoms with Crippen molar-refractivity contribution in [1.82, 2.24) is 15.1 Å². The van der Waals surface area contributed by atoms with E-state index in [1.807, 2.05) is 4.90 Å². The maximum Gasteiger partial charge on any atom is 0.337 e. The minimum Gasteiger partial charge on any atom is -0.465 e. The largest absolute Gasteiger partial charge is 0.465 e. The molecule has 5 heterocycles. The molecule has 0 radical (unpaired) electrons. The van der Waals surface area contributed by atoms with Crippen molar-refractivity contribution in [3.63, 3.8) is 0 Å². The molecule has 5 aliphatic rings. The molecule has 55 heavy (non-hydrogen) atoms. The predicted octanol–water partition coefficient (Wildman–Crippen LogP) is 6.00. The lowest BCUT2D eigenvalue weighted by Crippen LogP contribution is -2.63. The van der Waals surface area contributed by atoms with Gasteiger partial charge in [-0.2, -0.15) is 0 Å². The molecule has 0 aliphatic carbocycles. The normalized spacial score (nSPS) is 25.5. The van der Waals surface area contributed by atoms with Gasteiger partial charge in [0.15, 0.2) is 17.9 Å². The molecular formula is C42H73N9O4. The molecule has 0 aromatic carbocycles. The zero-order valence-corrected chi connectivity index (χ0v) is 34.2. The van der Waals surface area contributed by atoms with Gasteiger partial charge in [-0.15, -0.1) is 0 Å². The first-order chi connectivity index (χ1) is 26.8. The Bertz CT molecular complexity index is 1360. The fraction of sp³-hybridized carbons (Fsp3) is 0.833. The Kier molecular flexibility index (Phi) is 17.3. The van der Waals surface area contributed by atoms with Crippen LogP contribution in [0.4, 0.5) is 0 Å². The van der Waals surface area contributed by atoms with Gasteiger partial charge in [-0.05, 0) is 71.1 Å². The average molecular weight is 768 g/mol. The summed E-state index contributed by atoms with van der Waals surface area (Å²) >= 11 is 0. The van der Waals surface area contributed by atoms with Crippen molar-refractivity contribution in [3.8, 4) is 0 Å². The Hall–Kier alpha value is -3.51. The van der Waals surface area contributed by atoms with Crippen molar-refractivity contribution in [1.29, 1.82) is 0 Å². The number of nitrogens with zero attached hydrogens (tertiary/aromatic N) is 5. The molecule has 5 rings (SSSR count). The zero-order chi connectivity index (χ0) is 39.0. The van der Waals surface area contributed by atoms with Crippen LogP contribution in [0.25, 0.3) is 0 Å². The van der Waals surface area contributed by atoms with Crippen LogP contribution in [0.5, 0.6) is 0 Å². The highest BCUT2D eigenvalue weighted by Crippen LogP contribution is 2.40. The Morgan fingerprint density at radius 3 is 2.27 bits per heavy atom. The van der Waals surface area contributed by atoms with Crippen molar-refractivity contribution >= 4 is 29.8 Å². The maximum atomic E-state index is 13.4. The van der Waals surface area contributed by atoms with E-state index in [9.17, 15) is 9.59 Å². The monoisotopic (exact) mass is 768 g/mol. The topological polar surface area (TPSA) is 186 Å². The van der Waals surface area contributed by atoms with Crippen molar-refractivity contribution in [2.75, 3.05) is 26.3 Å². The Morgan fingerprint density at radius 1 is 0.855 bits per heavy atom. The molecule has 310 valence electrons. The lowest BCUT2D eigenvalue weighted by Gasteiger charge is -2.46. The molecule has 0 spiro atoms. The van der Waals surface area contributed by atoms with E-state index >= 15 is 0 Å². The number of hydrogen-bond donors (Lipinski definition) is 4. The Balaban J connectivity index is 0.945. The molecular weight excluding hydrogens is 695 g/mol. The number of nitrogens with two attached hydrogens (primary N) is 3. The van der Waals surface area contributed by atoms with E-state index in [0.717, 1.165) is 108 Å². The first-order valence-electron chi connectivity index (χ1n) is 22.1. The molecule has 5 aliphatic heterocycles. The van der Waals surface area contributed by atoms with Gasteiger partial charge in [0.05, 0.1) is 36.8 Å². The van der Waals surface area contributed by atoms with Crippen LogP contribution in [0.2, 0.25) is 0 Å². The van der Waals surface area contributed by atoms with Crippen LogP contribution < -0.4 is 22.5 Å². The zero-order valence-electron chi connectivity index (χ0n) is 34.2. The van der Waals surface area contributed by atoms with E-state index in [2.05, 4.69) is 29.1 Å². The van der Waals surface area contributed by atoms with E-state index < -0.39 is 0 Å². The molecule has 7 N–H and O–H groups in total. The Morgan fingerprint density at radius 2 is 1.53 bits per heavy atom. The van der Waals surface area contributed by atoms with Gasteiger partial charge in [0.2, 0.25) is 0 Å². The molecule has 6 atom stereocenters. The van der Waals surface area contributed by atoms with Gasteiger partial charge in [-0.25, -0.2) is 14.8 Å². The van der Waals surface area contributed by atoms with Gasteiger partial charge in [-0.1, -0.05) is 90.4 Å². The molecule has 0 aromatic rings. The highest BCUT2D eigenvalue weighted by Gasteiger charge is 2.51. The summed E-state index contributed by atoms with van der Waals surface area (Å²) in [6.45, 7) is 6.48. The molecule has 13 nitrogen and oxygen atoms in total. The number of nitrogens with one attached hydrogen (secondary N) is 1. The smallest absolute Gasteiger partial charge is 0.337 e. The molecule has 0 unspecified atom stereocenters. The number of carbonyl (C=O) groups is 2. The minimum atomic E-state index is -0.278. The molecule has 0 saturated carbocycles. The van der Waals surface area contributed by atoms with Gasteiger partial charge in [0.25, 0.3) is 0 Å². The van der Waals surface area contributed by atoms with Crippen molar-refractivity contribution < 1.29 is 19.1 Å². The summed E-state index contributed by atoms with van der Waals surface area (Å²) in [6, 6.07) is 0.876. The highest BCUT2D eigenvalue weighted by molar-refractivity contribution is 5.95. The summed E-state index contributed by atoms with van der Waals surface area (Å²) in [5.41, 5.74) is 18.8. The number of aliphatic imine (C=N–C) groups is 3. The number of carbonyl (C=O) groups excluding carboxylic acids is 2. The summed E-state index contributed by atoms with van der Waals surface area (Å²) in [5, 5.41) is 3.77. The number of rotatable bonds is 25. The third-order valence-electron chi connectivity index (χ3n) is 12.4. The lowest BCUT2D eigenvalue weighted by molar-refractivity contribution is -0.151. The second-order valence-corrected chi connectivity index (χ2v) is 16.6. The van der Waals surface area contributed by atoms with E-state index in [1.165, 1.54) is 51.4 Å². The van der Waals surface area contributed by atoms with Gasteiger partial charge in [0.1, 0.15) is 0 Å².